The summed E-state index contributed by atoms with van der Waals surface area (Å²) in [7, 11) is 4.59. The lowest BCUT2D eigenvalue weighted by Gasteiger charge is -2.33. The van der Waals surface area contributed by atoms with Gasteiger partial charge >= 0.3 is 11.9 Å². The summed E-state index contributed by atoms with van der Waals surface area (Å²) in [5.41, 5.74) is 0. The highest BCUT2D eigenvalue weighted by molar-refractivity contribution is 14.0. The number of carbonyl (C=O) groups is 2. The Morgan fingerprint density at radius 1 is 1.17 bits per heavy atom. The van der Waals surface area contributed by atoms with E-state index in [1.54, 1.807) is 7.05 Å². The lowest BCUT2D eigenvalue weighted by molar-refractivity contribution is -0.146. The number of halogens is 1. The number of rotatable bonds is 6. The van der Waals surface area contributed by atoms with Crippen LogP contribution < -0.4 is 5.32 Å². The predicted molar refractivity (Wildman–Crippen MR) is 99.0 cm³/mol. The normalized spacial score (nSPS) is 15.6. The van der Waals surface area contributed by atoms with Crippen LogP contribution in [0.5, 0.6) is 0 Å². The van der Waals surface area contributed by atoms with Crippen molar-refractivity contribution in [3.63, 3.8) is 0 Å². The van der Waals surface area contributed by atoms with E-state index in [9.17, 15) is 9.59 Å². The summed E-state index contributed by atoms with van der Waals surface area (Å²) in [5.74, 6) is 0.556. The number of ether oxygens (including phenoxy) is 2. The largest absolute Gasteiger partial charge is 0.469 e. The van der Waals surface area contributed by atoms with E-state index in [-0.39, 0.29) is 41.8 Å². The third-order valence-electron chi connectivity index (χ3n) is 3.86. The molecule has 1 saturated heterocycles. The van der Waals surface area contributed by atoms with E-state index in [0.717, 1.165) is 51.3 Å². The maximum atomic E-state index is 11.5. The lowest BCUT2D eigenvalue weighted by atomic mass is 9.97. The minimum absolute atomic E-state index is 0. The first-order valence-electron chi connectivity index (χ1n) is 7.72. The number of unbranched alkanes of at least 4 members (excludes halogenated alkanes) is 1. The quantitative estimate of drug-likeness (QED) is 0.221. The highest BCUT2D eigenvalue weighted by Crippen LogP contribution is 2.18. The number of nitrogens with zero attached hydrogens (tertiary/aromatic N) is 2. The average molecular weight is 441 g/mol. The Hall–Kier alpha value is -1.06. The Labute approximate surface area is 155 Å². The van der Waals surface area contributed by atoms with Gasteiger partial charge < -0.3 is 19.7 Å². The van der Waals surface area contributed by atoms with Crippen LogP contribution in [0.2, 0.25) is 0 Å². The molecule has 1 fully saturated rings. The van der Waals surface area contributed by atoms with E-state index in [4.69, 9.17) is 4.74 Å². The lowest BCUT2D eigenvalue weighted by Crippen LogP contribution is -2.46. The van der Waals surface area contributed by atoms with Gasteiger partial charge in [-0.25, -0.2) is 0 Å². The van der Waals surface area contributed by atoms with Gasteiger partial charge in [0.1, 0.15) is 0 Å². The molecule has 0 spiro atoms. The fourth-order valence-corrected chi connectivity index (χ4v) is 2.52. The average Bonchev–Trinajstić information content (AvgIpc) is 2.57. The number of esters is 2. The molecule has 23 heavy (non-hydrogen) atoms. The Kier molecular flexibility index (Phi) is 11.8. The van der Waals surface area contributed by atoms with E-state index >= 15 is 0 Å². The van der Waals surface area contributed by atoms with Crippen LogP contribution in [0.3, 0.4) is 0 Å². The standard InChI is InChI=1S/C15H27N3O4.HI/c1-16-15(17-9-5-4-6-13(19)21-2)18-10-7-12(8-11-18)14(20)22-3;/h12H,4-11H2,1-3H3,(H,16,17);1H. The van der Waals surface area contributed by atoms with Crippen molar-refractivity contribution in [2.45, 2.75) is 32.1 Å². The second kappa shape index (κ2) is 12.4. The topological polar surface area (TPSA) is 80.2 Å². The van der Waals surface area contributed by atoms with Gasteiger partial charge in [0.15, 0.2) is 5.96 Å². The van der Waals surface area contributed by atoms with Crippen LogP contribution >= 0.6 is 24.0 Å². The van der Waals surface area contributed by atoms with Crippen molar-refractivity contribution < 1.29 is 19.1 Å². The number of likely N-dealkylation sites (tertiary alicyclic amines) is 1. The van der Waals surface area contributed by atoms with Crippen LogP contribution in [0.15, 0.2) is 4.99 Å². The number of carbonyl (C=O) groups excluding carboxylic acids is 2. The summed E-state index contributed by atoms with van der Waals surface area (Å²) < 4.78 is 9.39. The molecule has 8 heteroatoms. The molecule has 0 unspecified atom stereocenters. The van der Waals surface area contributed by atoms with E-state index in [1.165, 1.54) is 14.2 Å². The van der Waals surface area contributed by atoms with Crippen molar-refractivity contribution in [3.05, 3.63) is 0 Å². The molecule has 1 rings (SSSR count). The molecular weight excluding hydrogens is 413 g/mol. The van der Waals surface area contributed by atoms with Crippen molar-refractivity contribution in [1.29, 1.82) is 0 Å². The number of hydrogen-bond donors (Lipinski definition) is 1. The van der Waals surface area contributed by atoms with Crippen LogP contribution in [0.4, 0.5) is 0 Å². The zero-order valence-corrected chi connectivity index (χ0v) is 16.5. The molecule has 0 aromatic heterocycles. The van der Waals surface area contributed by atoms with E-state index in [1.807, 2.05) is 0 Å². The van der Waals surface area contributed by atoms with Crippen LogP contribution in [0, 0.1) is 5.92 Å². The number of guanidine groups is 1. The summed E-state index contributed by atoms with van der Waals surface area (Å²) in [6.45, 7) is 2.35. The Balaban J connectivity index is 0.00000484. The van der Waals surface area contributed by atoms with Crippen molar-refractivity contribution in [3.8, 4) is 0 Å². The number of methoxy groups -OCH3 is 2. The summed E-state index contributed by atoms with van der Waals surface area (Å²) >= 11 is 0. The van der Waals surface area contributed by atoms with Crippen molar-refractivity contribution in [1.82, 2.24) is 10.2 Å². The zero-order chi connectivity index (χ0) is 16.4. The summed E-state index contributed by atoms with van der Waals surface area (Å²) in [6.07, 6.45) is 3.70. The molecule has 0 aromatic rings. The molecule has 134 valence electrons. The monoisotopic (exact) mass is 441 g/mol. The van der Waals surface area contributed by atoms with Crippen LogP contribution in [-0.4, -0.2) is 63.7 Å². The summed E-state index contributed by atoms with van der Waals surface area (Å²) in [5, 5.41) is 3.30. The van der Waals surface area contributed by atoms with Gasteiger partial charge in [0.05, 0.1) is 20.1 Å². The van der Waals surface area contributed by atoms with Gasteiger partial charge in [-0.05, 0) is 25.7 Å². The van der Waals surface area contributed by atoms with Gasteiger partial charge in [0.2, 0.25) is 0 Å². The zero-order valence-electron chi connectivity index (χ0n) is 14.2. The van der Waals surface area contributed by atoms with Gasteiger partial charge in [-0.1, -0.05) is 0 Å². The van der Waals surface area contributed by atoms with Gasteiger partial charge in [-0.15, -0.1) is 24.0 Å². The number of piperidine rings is 1. The van der Waals surface area contributed by atoms with Gasteiger partial charge in [0.25, 0.3) is 0 Å². The molecule has 0 aliphatic carbocycles. The first-order chi connectivity index (χ1) is 10.6. The van der Waals surface area contributed by atoms with E-state index in [0.29, 0.717) is 6.42 Å². The van der Waals surface area contributed by atoms with Gasteiger partial charge in [-0.2, -0.15) is 0 Å². The first kappa shape index (κ1) is 21.9. The highest BCUT2D eigenvalue weighted by Gasteiger charge is 2.26. The molecule has 1 aliphatic rings. The number of nitrogens with one attached hydrogen (secondary N) is 1. The second-order valence-corrected chi connectivity index (χ2v) is 5.29. The molecule has 0 bridgehead atoms. The number of aliphatic imine (C=N–C) groups is 1. The van der Waals surface area contributed by atoms with Crippen LogP contribution in [0.25, 0.3) is 0 Å². The minimum atomic E-state index is -0.172. The SMILES string of the molecule is CN=C(NCCCCC(=O)OC)N1CCC(C(=O)OC)CC1.I. The Bertz CT molecular complexity index is 396. The molecule has 1 N–H and O–H groups in total. The molecular formula is C15H28IN3O4. The summed E-state index contributed by atoms with van der Waals surface area (Å²) in [4.78, 5) is 28.9. The third-order valence-corrected chi connectivity index (χ3v) is 3.86. The fraction of sp³-hybridized carbons (Fsp3) is 0.800. The van der Waals surface area contributed by atoms with Gasteiger partial charge in [-0.3, -0.25) is 14.6 Å². The Morgan fingerprint density at radius 3 is 2.35 bits per heavy atom. The molecule has 0 aromatic carbocycles. The van der Waals surface area contributed by atoms with Crippen molar-refractivity contribution >= 4 is 41.9 Å². The van der Waals surface area contributed by atoms with Crippen LogP contribution in [0.1, 0.15) is 32.1 Å². The number of hydrogen-bond acceptors (Lipinski definition) is 5. The van der Waals surface area contributed by atoms with Gasteiger partial charge in [0, 0.05) is 33.1 Å². The van der Waals surface area contributed by atoms with E-state index in [2.05, 4.69) is 19.9 Å². The summed E-state index contributed by atoms with van der Waals surface area (Å²) in [6, 6.07) is 0. The molecule has 0 atom stereocenters. The maximum absolute atomic E-state index is 11.5. The second-order valence-electron chi connectivity index (χ2n) is 5.29. The molecule has 0 amide bonds. The molecule has 1 heterocycles. The smallest absolute Gasteiger partial charge is 0.308 e. The van der Waals surface area contributed by atoms with Crippen molar-refractivity contribution in [2.75, 3.05) is 40.9 Å². The minimum Gasteiger partial charge on any atom is -0.469 e. The molecule has 0 radical (unpaired) electrons. The van der Waals surface area contributed by atoms with Crippen molar-refractivity contribution in [2.24, 2.45) is 10.9 Å². The third kappa shape index (κ3) is 7.85. The fourth-order valence-electron chi connectivity index (χ4n) is 2.52. The molecule has 7 nitrogen and oxygen atoms in total. The molecule has 0 saturated carbocycles. The van der Waals surface area contributed by atoms with E-state index < -0.39 is 0 Å². The maximum Gasteiger partial charge on any atom is 0.308 e. The predicted octanol–water partition coefficient (Wildman–Crippen LogP) is 1.41. The highest BCUT2D eigenvalue weighted by atomic mass is 127. The first-order valence-corrected chi connectivity index (χ1v) is 7.72. The van der Waals surface area contributed by atoms with Crippen LogP contribution in [-0.2, 0) is 19.1 Å². The molecule has 1 aliphatic heterocycles. The Morgan fingerprint density at radius 2 is 1.83 bits per heavy atom.